The number of anilines is 6. The van der Waals surface area contributed by atoms with Crippen molar-refractivity contribution in [2.24, 2.45) is 0 Å². The summed E-state index contributed by atoms with van der Waals surface area (Å²) in [7, 11) is 0. The van der Waals surface area contributed by atoms with Crippen molar-refractivity contribution in [1.82, 2.24) is 0 Å². The van der Waals surface area contributed by atoms with E-state index in [0.717, 1.165) is 121 Å². The Morgan fingerprint density at radius 2 is 0.600 bits per heavy atom. The number of hydrogen-bond donors (Lipinski definition) is 0. The first kappa shape index (κ1) is 46.5. The largest absolute Gasteiger partial charge is 0.455 e. The monoisotopic (exact) mass is 978 g/mol. The van der Waals surface area contributed by atoms with Crippen molar-refractivity contribution < 1.29 is 13.3 Å². The van der Waals surface area contributed by atoms with Crippen molar-refractivity contribution in [2.45, 2.75) is 91.9 Å². The molecule has 75 heavy (non-hydrogen) atoms. The first-order chi connectivity index (χ1) is 36.1. The van der Waals surface area contributed by atoms with E-state index < -0.39 is 0 Å². The van der Waals surface area contributed by atoms with Gasteiger partial charge in [-0.2, -0.15) is 0 Å². The molecule has 370 valence electrons. The highest BCUT2D eigenvalue weighted by Crippen LogP contribution is 2.52. The smallest absolute Gasteiger partial charge is 0.159 e. The average molecular weight is 979 g/mol. The molecule has 0 spiro atoms. The lowest BCUT2D eigenvalue weighted by molar-refractivity contribution is 0.572. The first-order valence-electron chi connectivity index (χ1n) is 26.6. The second-order valence-electron chi connectivity index (χ2n) is 23.3. The van der Waals surface area contributed by atoms with Gasteiger partial charge in [0.25, 0.3) is 0 Å². The van der Waals surface area contributed by atoms with Crippen molar-refractivity contribution in [3.8, 4) is 0 Å². The molecule has 0 fully saturated rings. The van der Waals surface area contributed by atoms with Gasteiger partial charge in [-0.05, 0) is 82.3 Å². The summed E-state index contributed by atoms with van der Waals surface area (Å²) in [4.78, 5) is 4.82. The highest BCUT2D eigenvalue weighted by Gasteiger charge is 2.29. The summed E-state index contributed by atoms with van der Waals surface area (Å²) in [6.07, 6.45) is 0. The van der Waals surface area contributed by atoms with E-state index in [-0.39, 0.29) is 10.8 Å². The number of benzene rings is 10. The maximum Gasteiger partial charge on any atom is 0.159 e. The van der Waals surface area contributed by atoms with Gasteiger partial charge in [0, 0.05) is 76.4 Å². The lowest BCUT2D eigenvalue weighted by Crippen LogP contribution is -2.11. The predicted molar refractivity (Wildman–Crippen MR) is 318 cm³/mol. The molecule has 0 atom stereocenters. The van der Waals surface area contributed by atoms with Gasteiger partial charge in [0.15, 0.2) is 11.2 Å². The molecule has 0 radical (unpaired) electrons. The Kier molecular flexibility index (Phi) is 10.6. The van der Waals surface area contributed by atoms with Crippen LogP contribution >= 0.6 is 0 Å². The molecule has 13 aromatic rings. The summed E-state index contributed by atoms with van der Waals surface area (Å²) in [5, 5.41) is 10.7. The molecule has 0 aliphatic carbocycles. The Hall–Kier alpha value is -8.28. The minimum atomic E-state index is -0.117. The summed E-state index contributed by atoms with van der Waals surface area (Å²) in [5.41, 5.74) is 16.0. The van der Waals surface area contributed by atoms with Crippen molar-refractivity contribution in [3.05, 3.63) is 204 Å². The molecule has 0 aliphatic heterocycles. The molecule has 0 N–H and O–H groups in total. The SMILES string of the molecule is CC(C)c1ccc(N(c2cc3c4cc(N(c5ccc(C(C)C)cc5)c5cccc6c5oc5c(C(C)(C)C)cccc56)c5ccccc5c4oc3c3ccccc23)c2cccc3c2oc2c(C(C)(C)C)cccc23)cc1. The second kappa shape index (κ2) is 17.1. The van der Waals surface area contributed by atoms with Crippen molar-refractivity contribution in [3.63, 3.8) is 0 Å². The molecule has 0 saturated heterocycles. The van der Waals surface area contributed by atoms with Gasteiger partial charge >= 0.3 is 0 Å². The zero-order chi connectivity index (χ0) is 51.7. The number of furan rings is 3. The van der Waals surface area contributed by atoms with E-state index in [4.69, 9.17) is 13.3 Å². The second-order valence-corrected chi connectivity index (χ2v) is 23.3. The van der Waals surface area contributed by atoms with Gasteiger partial charge in [0.2, 0.25) is 0 Å². The first-order valence-corrected chi connectivity index (χ1v) is 26.6. The summed E-state index contributed by atoms with van der Waals surface area (Å²) >= 11 is 0. The molecular weight excluding hydrogens is 917 g/mol. The minimum Gasteiger partial charge on any atom is -0.455 e. The zero-order valence-corrected chi connectivity index (χ0v) is 44.6. The van der Waals surface area contributed by atoms with E-state index in [1.54, 1.807) is 0 Å². The molecule has 13 rings (SSSR count). The van der Waals surface area contributed by atoms with Crippen LogP contribution in [0.3, 0.4) is 0 Å². The van der Waals surface area contributed by atoms with Gasteiger partial charge < -0.3 is 23.1 Å². The molecular formula is C70H62N2O3. The van der Waals surface area contributed by atoms with E-state index in [1.165, 1.54) is 22.3 Å². The van der Waals surface area contributed by atoms with Crippen LogP contribution in [-0.4, -0.2) is 0 Å². The topological polar surface area (TPSA) is 45.9 Å². The number of nitrogens with zero attached hydrogens (tertiary/aromatic N) is 2. The van der Waals surface area contributed by atoms with E-state index >= 15 is 0 Å². The number of fused-ring (bicyclic) bond motifs is 13. The van der Waals surface area contributed by atoms with E-state index in [0.29, 0.717) is 11.8 Å². The Morgan fingerprint density at radius 3 is 0.960 bits per heavy atom. The van der Waals surface area contributed by atoms with Gasteiger partial charge in [0.05, 0.1) is 22.7 Å². The third-order valence-electron chi connectivity index (χ3n) is 15.7. The van der Waals surface area contributed by atoms with Gasteiger partial charge in [-0.15, -0.1) is 0 Å². The molecule has 0 aliphatic rings. The third-order valence-corrected chi connectivity index (χ3v) is 15.7. The fourth-order valence-electron chi connectivity index (χ4n) is 11.7. The number of rotatable bonds is 8. The zero-order valence-electron chi connectivity index (χ0n) is 44.6. The Morgan fingerprint density at radius 1 is 0.293 bits per heavy atom. The van der Waals surface area contributed by atoms with Gasteiger partial charge in [0.1, 0.15) is 22.3 Å². The van der Waals surface area contributed by atoms with E-state index in [2.05, 4.69) is 261 Å². The highest BCUT2D eigenvalue weighted by atomic mass is 16.3. The lowest BCUT2D eigenvalue weighted by Gasteiger charge is -2.28. The third kappa shape index (κ3) is 7.41. The van der Waals surface area contributed by atoms with Gasteiger partial charge in [-0.3, -0.25) is 0 Å². The quantitative estimate of drug-likeness (QED) is 0.152. The van der Waals surface area contributed by atoms with Crippen LogP contribution in [0.5, 0.6) is 0 Å². The molecule has 0 unspecified atom stereocenters. The van der Waals surface area contributed by atoms with Crippen LogP contribution in [0.4, 0.5) is 34.1 Å². The number of para-hydroxylation sites is 4. The number of hydrogen-bond acceptors (Lipinski definition) is 5. The fraction of sp³-hybridized carbons (Fsp3) is 0.200. The maximum absolute atomic E-state index is 7.29. The van der Waals surface area contributed by atoms with E-state index in [9.17, 15) is 0 Å². The van der Waals surface area contributed by atoms with Gasteiger partial charge in [-0.25, -0.2) is 0 Å². The fourth-order valence-corrected chi connectivity index (χ4v) is 11.7. The van der Waals surface area contributed by atoms with Crippen LogP contribution in [-0.2, 0) is 10.8 Å². The molecule has 5 nitrogen and oxygen atoms in total. The Bertz CT molecular complexity index is 4100. The van der Waals surface area contributed by atoms with Crippen LogP contribution in [0.25, 0.3) is 87.4 Å². The summed E-state index contributed by atoms with van der Waals surface area (Å²) in [6, 6.07) is 66.6. The highest BCUT2D eigenvalue weighted by molar-refractivity contribution is 6.26. The maximum atomic E-state index is 7.29. The Labute approximate surface area is 438 Å². The molecule has 5 heteroatoms. The lowest BCUT2D eigenvalue weighted by atomic mass is 9.86. The van der Waals surface area contributed by atoms with Crippen LogP contribution in [0.1, 0.15) is 103 Å². The molecule has 3 aromatic heterocycles. The predicted octanol–water partition coefficient (Wildman–Crippen LogP) is 21.5. The normalized spacial score (nSPS) is 12.6. The average Bonchev–Trinajstić information content (AvgIpc) is 4.14. The molecule has 3 heterocycles. The summed E-state index contributed by atoms with van der Waals surface area (Å²) in [6.45, 7) is 22.5. The Balaban J connectivity index is 1.12. The minimum absolute atomic E-state index is 0.117. The summed E-state index contributed by atoms with van der Waals surface area (Å²) in [5.74, 6) is 0.765. The van der Waals surface area contributed by atoms with Crippen LogP contribution in [0.15, 0.2) is 195 Å². The standard InChI is InChI=1S/C70H62N2O3/c1-41(2)43-31-35-45(36-32-43)71(59-29-17-25-53-51-23-15-27-57(69(5,6)7)65(51)74-67(53)59)61-39-55-56-40-62(48-20-12-14-22-50(48)64(56)73-63(55)49-21-13-11-19-47(49)61)72(46-37-33-44(34-38-46)42(3)4)60-30-18-26-54-52-24-16-28-58(70(8,9)10)66(52)75-68(54)60/h11-42H,1-10H3. The van der Waals surface area contributed by atoms with Crippen LogP contribution in [0.2, 0.25) is 0 Å². The van der Waals surface area contributed by atoms with E-state index in [1.807, 2.05) is 0 Å². The van der Waals surface area contributed by atoms with Crippen molar-refractivity contribution >= 4 is 121 Å². The van der Waals surface area contributed by atoms with Crippen molar-refractivity contribution in [1.29, 1.82) is 0 Å². The van der Waals surface area contributed by atoms with Crippen LogP contribution in [0, 0.1) is 0 Å². The van der Waals surface area contributed by atoms with Crippen molar-refractivity contribution in [2.75, 3.05) is 9.80 Å². The molecule has 0 saturated carbocycles. The summed E-state index contributed by atoms with van der Waals surface area (Å²) < 4.78 is 21.6. The molecule has 10 aromatic carbocycles. The molecule has 0 bridgehead atoms. The van der Waals surface area contributed by atoms with Crippen LogP contribution < -0.4 is 9.80 Å². The van der Waals surface area contributed by atoms with Gasteiger partial charge in [-0.1, -0.05) is 203 Å². The molecule has 0 amide bonds.